The minimum Gasteiger partial charge on any atom is -0.352 e. The van der Waals surface area contributed by atoms with Crippen molar-refractivity contribution in [3.8, 4) is 0 Å². The highest BCUT2D eigenvalue weighted by molar-refractivity contribution is 6.36. The average molecular weight is 384 g/mol. The molecule has 1 saturated heterocycles. The van der Waals surface area contributed by atoms with E-state index in [2.05, 4.69) is 5.32 Å². The molecule has 3 rings (SSSR count). The molecule has 0 aromatic heterocycles. The molecule has 2 aromatic carbocycles. The predicted molar refractivity (Wildman–Crippen MR) is 94.7 cm³/mol. The monoisotopic (exact) mass is 382 g/mol. The molecule has 0 saturated carbocycles. The second kappa shape index (κ2) is 7.01. The number of hydrogen-bond acceptors (Lipinski definition) is 2. The van der Waals surface area contributed by atoms with Gasteiger partial charge in [0.15, 0.2) is 0 Å². The predicted octanol–water partition coefficient (Wildman–Crippen LogP) is 3.96. The van der Waals surface area contributed by atoms with E-state index in [0.717, 1.165) is 0 Å². The number of halogens is 3. The van der Waals surface area contributed by atoms with Crippen LogP contribution >= 0.6 is 34.8 Å². The maximum atomic E-state index is 12.9. The molecule has 1 aliphatic heterocycles. The number of hydrogen-bond donors (Lipinski definition) is 1. The molecule has 1 heterocycles. The molecule has 0 aliphatic carbocycles. The van der Waals surface area contributed by atoms with Crippen molar-refractivity contribution >= 4 is 46.6 Å². The van der Waals surface area contributed by atoms with E-state index in [1.54, 1.807) is 36.4 Å². The van der Waals surface area contributed by atoms with Gasteiger partial charge in [0.05, 0.1) is 10.6 Å². The number of rotatable bonds is 2. The van der Waals surface area contributed by atoms with E-state index in [-0.39, 0.29) is 16.8 Å². The molecule has 0 radical (unpaired) electrons. The summed E-state index contributed by atoms with van der Waals surface area (Å²) in [6.45, 7) is 0.774. The summed E-state index contributed by atoms with van der Waals surface area (Å²) in [5, 5.41) is 4.05. The van der Waals surface area contributed by atoms with Crippen molar-refractivity contribution in [3.63, 3.8) is 0 Å². The van der Waals surface area contributed by atoms with Crippen LogP contribution in [0.5, 0.6) is 0 Å². The van der Waals surface area contributed by atoms with Crippen LogP contribution in [-0.2, 0) is 4.79 Å². The van der Waals surface area contributed by atoms with E-state index in [1.807, 2.05) is 0 Å². The summed E-state index contributed by atoms with van der Waals surface area (Å²) in [5.74, 6) is -0.548. The van der Waals surface area contributed by atoms with Crippen molar-refractivity contribution in [3.05, 3.63) is 68.7 Å². The number of benzene rings is 2. The highest BCUT2D eigenvalue weighted by Crippen LogP contribution is 2.29. The Balaban J connectivity index is 1.98. The van der Waals surface area contributed by atoms with Gasteiger partial charge in [-0.25, -0.2) is 0 Å². The third-order valence-electron chi connectivity index (χ3n) is 3.82. The molecule has 124 valence electrons. The molecule has 1 N–H and O–H groups in total. The third kappa shape index (κ3) is 3.36. The highest BCUT2D eigenvalue weighted by Gasteiger charge is 2.35. The van der Waals surface area contributed by atoms with Crippen LogP contribution in [0.1, 0.15) is 22.0 Å². The van der Waals surface area contributed by atoms with Gasteiger partial charge in [0.25, 0.3) is 5.91 Å². The van der Waals surface area contributed by atoms with Crippen molar-refractivity contribution in [2.24, 2.45) is 0 Å². The largest absolute Gasteiger partial charge is 0.352 e. The molecular weight excluding hydrogens is 371 g/mol. The molecule has 1 fully saturated rings. The second-order valence-electron chi connectivity index (χ2n) is 5.37. The average Bonchev–Trinajstić information content (AvgIpc) is 2.55. The maximum absolute atomic E-state index is 12.9. The minimum atomic E-state index is -0.727. The van der Waals surface area contributed by atoms with Crippen LogP contribution in [0, 0.1) is 0 Å². The Labute approximate surface area is 154 Å². The van der Waals surface area contributed by atoms with Crippen molar-refractivity contribution in [2.75, 3.05) is 13.1 Å². The lowest BCUT2D eigenvalue weighted by molar-refractivity contribution is -0.128. The van der Waals surface area contributed by atoms with Crippen LogP contribution < -0.4 is 5.32 Å². The van der Waals surface area contributed by atoms with Gasteiger partial charge in [-0.15, -0.1) is 0 Å². The number of nitrogens with one attached hydrogen (secondary N) is 1. The van der Waals surface area contributed by atoms with Gasteiger partial charge in [0, 0.05) is 23.1 Å². The fraction of sp³-hybridized carbons (Fsp3) is 0.176. The SMILES string of the molecule is O=C1NCCN(C(=O)c2ccc(Cl)cc2Cl)C1c1ccc(Cl)cc1. The maximum Gasteiger partial charge on any atom is 0.256 e. The van der Waals surface area contributed by atoms with E-state index in [9.17, 15) is 9.59 Å². The van der Waals surface area contributed by atoms with Gasteiger partial charge < -0.3 is 10.2 Å². The molecule has 1 atom stereocenters. The minimum absolute atomic E-state index is 0.234. The van der Waals surface area contributed by atoms with E-state index < -0.39 is 6.04 Å². The Hall–Kier alpha value is -1.75. The summed E-state index contributed by atoms with van der Waals surface area (Å²) in [6.07, 6.45) is 0. The van der Waals surface area contributed by atoms with Gasteiger partial charge >= 0.3 is 0 Å². The molecule has 0 bridgehead atoms. The van der Waals surface area contributed by atoms with Crippen LogP contribution in [0.25, 0.3) is 0 Å². The molecular formula is C17H13Cl3N2O2. The lowest BCUT2D eigenvalue weighted by Crippen LogP contribution is -2.52. The van der Waals surface area contributed by atoms with Crippen molar-refractivity contribution in [2.45, 2.75) is 6.04 Å². The first-order valence-corrected chi connectivity index (χ1v) is 8.40. The topological polar surface area (TPSA) is 49.4 Å². The third-order valence-corrected chi connectivity index (χ3v) is 4.62. The summed E-state index contributed by atoms with van der Waals surface area (Å²) in [4.78, 5) is 26.8. The Morgan fingerprint density at radius 3 is 2.38 bits per heavy atom. The highest BCUT2D eigenvalue weighted by atomic mass is 35.5. The molecule has 1 aliphatic rings. The van der Waals surface area contributed by atoms with Crippen LogP contribution in [0.3, 0.4) is 0 Å². The van der Waals surface area contributed by atoms with E-state index in [0.29, 0.717) is 34.3 Å². The number of piperazine rings is 1. The van der Waals surface area contributed by atoms with Gasteiger partial charge in [-0.05, 0) is 35.9 Å². The standard InChI is InChI=1S/C17H13Cl3N2O2/c18-11-3-1-10(2-4-11)15-16(23)21-7-8-22(15)17(24)13-6-5-12(19)9-14(13)20/h1-6,9,15H,7-8H2,(H,21,23). The van der Waals surface area contributed by atoms with Gasteiger partial charge in [-0.2, -0.15) is 0 Å². The Morgan fingerprint density at radius 2 is 1.71 bits per heavy atom. The summed E-state index contributed by atoms with van der Waals surface area (Å²) in [7, 11) is 0. The first-order valence-electron chi connectivity index (χ1n) is 7.26. The second-order valence-corrected chi connectivity index (χ2v) is 6.65. The van der Waals surface area contributed by atoms with Crippen LogP contribution in [0.15, 0.2) is 42.5 Å². The molecule has 4 nitrogen and oxygen atoms in total. The van der Waals surface area contributed by atoms with Gasteiger partial charge in [0.1, 0.15) is 6.04 Å². The smallest absolute Gasteiger partial charge is 0.256 e. The normalized spacial score (nSPS) is 17.5. The van der Waals surface area contributed by atoms with Crippen LogP contribution in [0.2, 0.25) is 15.1 Å². The van der Waals surface area contributed by atoms with Crippen molar-refractivity contribution in [1.29, 1.82) is 0 Å². The van der Waals surface area contributed by atoms with Crippen molar-refractivity contribution in [1.82, 2.24) is 10.2 Å². The Kier molecular flexibility index (Phi) is 4.99. The number of amides is 2. The summed E-state index contributed by atoms with van der Waals surface area (Å²) < 4.78 is 0. The number of carbonyl (C=O) groups is 2. The fourth-order valence-corrected chi connectivity index (χ4v) is 3.30. The zero-order valence-corrected chi connectivity index (χ0v) is 14.7. The van der Waals surface area contributed by atoms with Crippen molar-refractivity contribution < 1.29 is 9.59 Å². The molecule has 7 heteroatoms. The lowest BCUT2D eigenvalue weighted by atomic mass is 10.0. The zero-order chi connectivity index (χ0) is 17.3. The number of nitrogens with zero attached hydrogens (tertiary/aromatic N) is 1. The van der Waals surface area contributed by atoms with Gasteiger partial charge in [0.2, 0.25) is 5.91 Å². The fourth-order valence-electron chi connectivity index (χ4n) is 2.68. The Morgan fingerprint density at radius 1 is 1.04 bits per heavy atom. The van der Waals surface area contributed by atoms with E-state index >= 15 is 0 Å². The van der Waals surface area contributed by atoms with Crippen LogP contribution in [0.4, 0.5) is 0 Å². The molecule has 2 amide bonds. The zero-order valence-electron chi connectivity index (χ0n) is 12.4. The quantitative estimate of drug-likeness (QED) is 0.853. The Bertz CT molecular complexity index is 793. The van der Waals surface area contributed by atoms with Gasteiger partial charge in [-0.3, -0.25) is 9.59 Å². The van der Waals surface area contributed by atoms with E-state index in [1.165, 1.54) is 11.0 Å². The summed E-state index contributed by atoms with van der Waals surface area (Å²) >= 11 is 17.9. The molecule has 1 unspecified atom stereocenters. The molecule has 0 spiro atoms. The van der Waals surface area contributed by atoms with E-state index in [4.69, 9.17) is 34.8 Å². The molecule has 2 aromatic rings. The van der Waals surface area contributed by atoms with Gasteiger partial charge in [-0.1, -0.05) is 46.9 Å². The van der Waals surface area contributed by atoms with Crippen LogP contribution in [-0.4, -0.2) is 29.8 Å². The number of carbonyl (C=O) groups excluding carboxylic acids is 2. The molecule has 24 heavy (non-hydrogen) atoms. The lowest BCUT2D eigenvalue weighted by Gasteiger charge is -2.35. The summed E-state index contributed by atoms with van der Waals surface area (Å²) in [6, 6.07) is 10.8. The first-order chi connectivity index (χ1) is 11.5. The first kappa shape index (κ1) is 17.1. The summed E-state index contributed by atoms with van der Waals surface area (Å²) in [5.41, 5.74) is 1.00.